The van der Waals surface area contributed by atoms with E-state index in [1.165, 1.54) is 24.4 Å². The molecule has 3 rings (SSSR count). The Morgan fingerprint density at radius 3 is 2.67 bits per heavy atom. The topological polar surface area (TPSA) is 84.0 Å². The molecule has 1 fully saturated rings. The fourth-order valence-corrected chi connectivity index (χ4v) is 3.58. The number of rotatable bonds is 7. The normalized spacial score (nSPS) is 15.0. The van der Waals surface area contributed by atoms with Crippen molar-refractivity contribution in [1.82, 2.24) is 14.1 Å². The molecule has 1 aliphatic rings. The van der Waals surface area contributed by atoms with Crippen molar-refractivity contribution in [2.24, 2.45) is 0 Å². The Morgan fingerprint density at radius 2 is 1.95 bits per heavy atom. The van der Waals surface area contributed by atoms with Crippen LogP contribution < -0.4 is 10.0 Å². The first-order chi connectivity index (χ1) is 10.1. The van der Waals surface area contributed by atoms with Crippen molar-refractivity contribution < 1.29 is 8.42 Å². The Bertz CT molecular complexity index is 696. The first-order valence-electron chi connectivity index (χ1n) is 6.77. The first kappa shape index (κ1) is 14.4. The maximum absolute atomic E-state index is 12.0. The van der Waals surface area contributed by atoms with E-state index in [9.17, 15) is 8.42 Å². The van der Waals surface area contributed by atoms with Crippen LogP contribution in [0.4, 0.5) is 5.13 Å². The lowest BCUT2D eigenvalue weighted by Gasteiger charge is -2.06. The van der Waals surface area contributed by atoms with E-state index in [4.69, 9.17) is 0 Å². The lowest BCUT2D eigenvalue weighted by atomic mass is 10.4. The van der Waals surface area contributed by atoms with Gasteiger partial charge in [0.15, 0.2) is 0 Å². The van der Waals surface area contributed by atoms with Gasteiger partial charge in [-0.15, -0.1) is 0 Å². The highest BCUT2D eigenvalue weighted by Crippen LogP contribution is 2.39. The van der Waals surface area contributed by atoms with Gasteiger partial charge in [0, 0.05) is 30.5 Å². The summed E-state index contributed by atoms with van der Waals surface area (Å²) in [5.74, 6) is 1.45. The van der Waals surface area contributed by atoms with Gasteiger partial charge in [-0.1, -0.05) is 18.2 Å². The number of nitrogens with one attached hydrogen (secondary N) is 2. The number of nitrogens with zero attached hydrogens (tertiary/aromatic N) is 2. The minimum Gasteiger partial charge on any atom is -0.359 e. The number of anilines is 1. The van der Waals surface area contributed by atoms with Gasteiger partial charge in [-0.25, -0.2) is 18.1 Å². The predicted octanol–water partition coefficient (Wildman–Crippen LogP) is 1.81. The SMILES string of the molecule is O=S(=O)(NCCNc1nc(C2CC2)ns1)c1ccccc1. The molecule has 0 amide bonds. The van der Waals surface area contributed by atoms with Crippen molar-refractivity contribution in [1.29, 1.82) is 0 Å². The van der Waals surface area contributed by atoms with Crippen molar-refractivity contribution >= 4 is 26.7 Å². The maximum atomic E-state index is 12.0. The minimum atomic E-state index is -3.44. The Morgan fingerprint density at radius 1 is 1.19 bits per heavy atom. The van der Waals surface area contributed by atoms with Crippen molar-refractivity contribution in [3.05, 3.63) is 36.2 Å². The number of hydrogen-bond acceptors (Lipinski definition) is 6. The highest BCUT2D eigenvalue weighted by Gasteiger charge is 2.27. The molecule has 2 N–H and O–H groups in total. The monoisotopic (exact) mass is 324 g/mol. The van der Waals surface area contributed by atoms with Crippen LogP contribution in [0.3, 0.4) is 0 Å². The summed E-state index contributed by atoms with van der Waals surface area (Å²) in [6.45, 7) is 0.779. The molecule has 1 saturated carbocycles. The number of benzene rings is 1. The summed E-state index contributed by atoms with van der Waals surface area (Å²) in [6.07, 6.45) is 2.35. The third-order valence-electron chi connectivity index (χ3n) is 3.13. The van der Waals surface area contributed by atoms with E-state index in [0.29, 0.717) is 19.0 Å². The third-order valence-corrected chi connectivity index (χ3v) is 5.29. The van der Waals surface area contributed by atoms with Gasteiger partial charge in [0.1, 0.15) is 5.82 Å². The lowest BCUT2D eigenvalue weighted by Crippen LogP contribution is -2.28. The van der Waals surface area contributed by atoms with E-state index in [0.717, 1.165) is 11.0 Å². The molecule has 1 heterocycles. The Balaban J connectivity index is 1.47. The van der Waals surface area contributed by atoms with Gasteiger partial charge in [-0.2, -0.15) is 4.37 Å². The van der Waals surface area contributed by atoms with Crippen LogP contribution >= 0.6 is 11.5 Å². The molecule has 0 unspecified atom stereocenters. The largest absolute Gasteiger partial charge is 0.359 e. The minimum absolute atomic E-state index is 0.275. The van der Waals surface area contributed by atoms with Crippen molar-refractivity contribution in [2.45, 2.75) is 23.7 Å². The molecule has 0 bridgehead atoms. The first-order valence-corrected chi connectivity index (χ1v) is 9.03. The Hall–Kier alpha value is -1.51. The summed E-state index contributed by atoms with van der Waals surface area (Å²) >= 11 is 1.32. The lowest BCUT2D eigenvalue weighted by molar-refractivity contribution is 0.583. The van der Waals surface area contributed by atoms with Crippen LogP contribution in [0.15, 0.2) is 35.2 Å². The van der Waals surface area contributed by atoms with Crippen LogP contribution in [0.25, 0.3) is 0 Å². The molecule has 0 aliphatic heterocycles. The second kappa shape index (κ2) is 6.08. The summed E-state index contributed by atoms with van der Waals surface area (Å²) in [5.41, 5.74) is 0. The van der Waals surface area contributed by atoms with Crippen LogP contribution in [0.5, 0.6) is 0 Å². The molecule has 1 aromatic carbocycles. The second-order valence-electron chi connectivity index (χ2n) is 4.87. The smallest absolute Gasteiger partial charge is 0.240 e. The average Bonchev–Trinajstić information content (AvgIpc) is 3.24. The molecule has 1 aromatic heterocycles. The molecule has 6 nitrogen and oxygen atoms in total. The quantitative estimate of drug-likeness (QED) is 0.759. The van der Waals surface area contributed by atoms with E-state index in [1.807, 2.05) is 0 Å². The molecular weight excluding hydrogens is 308 g/mol. The summed E-state index contributed by atoms with van der Waals surface area (Å²) in [4.78, 5) is 4.66. The highest BCUT2D eigenvalue weighted by atomic mass is 32.2. The third kappa shape index (κ3) is 3.78. The number of aromatic nitrogens is 2. The zero-order valence-corrected chi connectivity index (χ0v) is 13.0. The van der Waals surface area contributed by atoms with Gasteiger partial charge in [0.25, 0.3) is 0 Å². The summed E-state index contributed by atoms with van der Waals surface area (Å²) in [6, 6.07) is 8.33. The van der Waals surface area contributed by atoms with Crippen LogP contribution in [0.1, 0.15) is 24.6 Å². The Labute approximate surface area is 127 Å². The predicted molar refractivity (Wildman–Crippen MR) is 82.0 cm³/mol. The number of sulfonamides is 1. The molecule has 2 aromatic rings. The molecule has 112 valence electrons. The molecule has 0 atom stereocenters. The van der Waals surface area contributed by atoms with E-state index in [2.05, 4.69) is 19.4 Å². The molecule has 0 radical (unpaired) electrons. The van der Waals surface area contributed by atoms with E-state index in [1.54, 1.807) is 30.3 Å². The number of hydrogen-bond donors (Lipinski definition) is 2. The fourth-order valence-electron chi connectivity index (χ4n) is 1.85. The van der Waals surface area contributed by atoms with Crippen molar-refractivity contribution in [3.8, 4) is 0 Å². The molecule has 0 spiro atoms. The van der Waals surface area contributed by atoms with Crippen LogP contribution in [0.2, 0.25) is 0 Å². The molecule has 21 heavy (non-hydrogen) atoms. The van der Waals surface area contributed by atoms with E-state index >= 15 is 0 Å². The highest BCUT2D eigenvalue weighted by molar-refractivity contribution is 7.89. The van der Waals surface area contributed by atoms with Crippen LogP contribution in [-0.2, 0) is 10.0 Å². The molecular formula is C13H16N4O2S2. The van der Waals surface area contributed by atoms with E-state index < -0.39 is 10.0 Å². The molecule has 8 heteroatoms. The second-order valence-corrected chi connectivity index (χ2v) is 7.39. The van der Waals surface area contributed by atoms with Gasteiger partial charge in [-0.05, 0) is 25.0 Å². The van der Waals surface area contributed by atoms with E-state index in [-0.39, 0.29) is 4.90 Å². The summed E-state index contributed by atoms with van der Waals surface area (Å²) < 4.78 is 30.8. The van der Waals surface area contributed by atoms with Crippen LogP contribution in [-0.4, -0.2) is 30.9 Å². The zero-order chi connectivity index (χ0) is 14.7. The van der Waals surface area contributed by atoms with Gasteiger partial charge in [0.05, 0.1) is 4.90 Å². The van der Waals surface area contributed by atoms with Gasteiger partial charge in [-0.3, -0.25) is 0 Å². The van der Waals surface area contributed by atoms with Crippen molar-refractivity contribution in [3.63, 3.8) is 0 Å². The summed E-state index contributed by atoms with van der Waals surface area (Å²) in [5, 5.41) is 3.84. The van der Waals surface area contributed by atoms with Crippen LogP contribution in [0, 0.1) is 0 Å². The van der Waals surface area contributed by atoms with Crippen molar-refractivity contribution in [2.75, 3.05) is 18.4 Å². The molecule has 1 aliphatic carbocycles. The van der Waals surface area contributed by atoms with Gasteiger partial charge < -0.3 is 5.32 Å². The zero-order valence-electron chi connectivity index (χ0n) is 11.3. The average molecular weight is 324 g/mol. The van der Waals surface area contributed by atoms with Gasteiger partial charge in [0.2, 0.25) is 15.2 Å². The maximum Gasteiger partial charge on any atom is 0.240 e. The molecule has 0 saturated heterocycles. The summed E-state index contributed by atoms with van der Waals surface area (Å²) in [7, 11) is -3.44. The van der Waals surface area contributed by atoms with Gasteiger partial charge >= 0.3 is 0 Å². The standard InChI is InChI=1S/C13H16N4O2S2/c18-21(19,11-4-2-1-3-5-11)15-9-8-14-13-16-12(17-20-13)10-6-7-10/h1-5,10,15H,6-9H2,(H,14,16,17). The Kier molecular flexibility index (Phi) is 4.18. The fraction of sp³-hybridized carbons (Fsp3) is 0.385.